The number of aryl methyl sites for hydroxylation is 3. The molecule has 0 radical (unpaired) electrons. The van der Waals surface area contributed by atoms with Gasteiger partial charge in [-0.3, -0.25) is 9.48 Å². The molecule has 7 heteroatoms. The van der Waals surface area contributed by atoms with Crippen molar-refractivity contribution in [2.24, 2.45) is 5.92 Å². The first-order valence-electron chi connectivity index (χ1n) is 7.95. The van der Waals surface area contributed by atoms with Crippen LogP contribution in [-0.2, 0) is 6.54 Å². The largest absolute Gasteiger partial charge is 0.352 e. The van der Waals surface area contributed by atoms with Crippen molar-refractivity contribution < 1.29 is 9.32 Å². The lowest BCUT2D eigenvalue weighted by Crippen LogP contribution is -2.30. The summed E-state index contributed by atoms with van der Waals surface area (Å²) < 4.78 is 7.03. The monoisotopic (exact) mass is 327 g/mol. The number of aromatic nitrogens is 4. The van der Waals surface area contributed by atoms with Crippen molar-refractivity contribution >= 4 is 17.0 Å². The van der Waals surface area contributed by atoms with E-state index < -0.39 is 0 Å². The molecule has 3 aromatic rings. The lowest BCUT2D eigenvalue weighted by molar-refractivity contribution is 0.0946. The quantitative estimate of drug-likeness (QED) is 0.778. The maximum atomic E-state index is 12.3. The van der Waals surface area contributed by atoms with Crippen LogP contribution in [0.5, 0.6) is 0 Å². The Morgan fingerprint density at radius 2 is 2.12 bits per heavy atom. The maximum Gasteiger partial charge on any atom is 0.257 e. The van der Waals surface area contributed by atoms with Crippen LogP contribution in [0.1, 0.15) is 34.4 Å². The molecule has 3 heterocycles. The highest BCUT2D eigenvalue weighted by Gasteiger charge is 2.13. The zero-order valence-electron chi connectivity index (χ0n) is 14.3. The summed E-state index contributed by atoms with van der Waals surface area (Å²) in [7, 11) is 0. The van der Waals surface area contributed by atoms with E-state index in [4.69, 9.17) is 4.52 Å². The first-order chi connectivity index (χ1) is 11.4. The normalized spacial score (nSPS) is 12.5. The third-order valence-corrected chi connectivity index (χ3v) is 3.97. The van der Waals surface area contributed by atoms with E-state index in [0.717, 1.165) is 29.0 Å². The minimum atomic E-state index is -0.148. The molecule has 126 valence electrons. The van der Waals surface area contributed by atoms with Crippen molar-refractivity contribution in [2.45, 2.75) is 34.2 Å². The number of nitrogens with one attached hydrogen (secondary N) is 1. The van der Waals surface area contributed by atoms with Crippen LogP contribution >= 0.6 is 0 Å². The molecule has 0 unspecified atom stereocenters. The molecule has 3 aromatic heterocycles. The van der Waals surface area contributed by atoms with Crippen molar-refractivity contribution in [3.8, 4) is 0 Å². The molecule has 0 fully saturated rings. The van der Waals surface area contributed by atoms with Gasteiger partial charge in [0, 0.05) is 25.0 Å². The van der Waals surface area contributed by atoms with Crippen LogP contribution in [0.25, 0.3) is 11.1 Å². The maximum absolute atomic E-state index is 12.3. The number of hydrogen-bond donors (Lipinski definition) is 1. The van der Waals surface area contributed by atoms with Gasteiger partial charge >= 0.3 is 0 Å². The number of carbonyl (C=O) groups is 1. The summed E-state index contributed by atoms with van der Waals surface area (Å²) in [6.45, 7) is 9.26. The van der Waals surface area contributed by atoms with Gasteiger partial charge in [0.15, 0.2) is 0 Å². The number of hydrogen-bond acceptors (Lipinski definition) is 5. The van der Waals surface area contributed by atoms with Gasteiger partial charge in [0.2, 0.25) is 0 Å². The predicted octanol–water partition coefficient (Wildman–Crippen LogP) is 2.41. The fraction of sp³-hybridized carbons (Fsp3) is 0.412. The summed E-state index contributed by atoms with van der Waals surface area (Å²) >= 11 is 0. The molecular formula is C17H21N5O2. The van der Waals surface area contributed by atoms with E-state index in [1.54, 1.807) is 6.07 Å². The van der Waals surface area contributed by atoms with Crippen LogP contribution in [-0.4, -0.2) is 32.4 Å². The Morgan fingerprint density at radius 3 is 2.83 bits per heavy atom. The molecule has 0 aliphatic rings. The van der Waals surface area contributed by atoms with Crippen LogP contribution in [0.15, 0.2) is 22.9 Å². The van der Waals surface area contributed by atoms with E-state index in [0.29, 0.717) is 17.8 Å². The summed E-state index contributed by atoms with van der Waals surface area (Å²) in [6, 6.07) is 3.81. The zero-order valence-corrected chi connectivity index (χ0v) is 14.3. The third kappa shape index (κ3) is 3.29. The fourth-order valence-electron chi connectivity index (χ4n) is 2.66. The minimum absolute atomic E-state index is 0.148. The molecule has 1 N–H and O–H groups in total. The number of fused-ring (bicyclic) bond motifs is 1. The Kier molecular flexibility index (Phi) is 4.33. The van der Waals surface area contributed by atoms with E-state index in [1.165, 1.54) is 6.20 Å². The number of pyridine rings is 1. The predicted molar refractivity (Wildman–Crippen MR) is 89.7 cm³/mol. The first-order valence-corrected chi connectivity index (χ1v) is 7.95. The zero-order chi connectivity index (χ0) is 17.3. The molecule has 0 spiro atoms. The van der Waals surface area contributed by atoms with Crippen molar-refractivity contribution in [1.29, 1.82) is 0 Å². The number of nitrogens with zero attached hydrogens (tertiary/aromatic N) is 4. The van der Waals surface area contributed by atoms with E-state index in [-0.39, 0.29) is 11.8 Å². The van der Waals surface area contributed by atoms with Crippen molar-refractivity contribution in [3.63, 3.8) is 0 Å². The van der Waals surface area contributed by atoms with E-state index >= 15 is 0 Å². The molecular weight excluding hydrogens is 306 g/mol. The Labute approximate surface area is 140 Å². The molecule has 3 rings (SSSR count). The Morgan fingerprint density at radius 1 is 1.33 bits per heavy atom. The highest BCUT2D eigenvalue weighted by Crippen LogP contribution is 2.16. The van der Waals surface area contributed by atoms with Crippen LogP contribution in [0.4, 0.5) is 0 Å². The summed E-state index contributed by atoms with van der Waals surface area (Å²) in [5, 5.41) is 12.0. The van der Waals surface area contributed by atoms with Gasteiger partial charge in [-0.25, -0.2) is 4.98 Å². The van der Waals surface area contributed by atoms with E-state index in [9.17, 15) is 4.79 Å². The highest BCUT2D eigenvalue weighted by molar-refractivity contribution is 5.96. The minimum Gasteiger partial charge on any atom is -0.352 e. The van der Waals surface area contributed by atoms with Crippen molar-refractivity contribution in [3.05, 3.63) is 41.0 Å². The number of carbonyl (C=O) groups excluding carboxylic acids is 1. The standard InChI is InChI=1S/C17H21N5O2/c1-10(9-22-12(3)5-11(2)20-22)7-18-16(23)14-6-15-13(4)21-24-17(15)19-8-14/h5-6,8,10H,7,9H2,1-4H3,(H,18,23)/t10-/m0/s1. The van der Waals surface area contributed by atoms with Crippen LogP contribution in [0.3, 0.4) is 0 Å². The lowest BCUT2D eigenvalue weighted by Gasteiger charge is -2.14. The average Bonchev–Trinajstić information content (AvgIpc) is 3.07. The molecule has 1 amide bonds. The lowest BCUT2D eigenvalue weighted by atomic mass is 10.1. The van der Waals surface area contributed by atoms with Gasteiger partial charge in [-0.15, -0.1) is 0 Å². The summed E-state index contributed by atoms with van der Waals surface area (Å²) in [6.07, 6.45) is 1.51. The smallest absolute Gasteiger partial charge is 0.257 e. The second-order valence-corrected chi connectivity index (χ2v) is 6.27. The second kappa shape index (κ2) is 6.43. The first kappa shape index (κ1) is 16.2. The molecule has 0 aliphatic heterocycles. The molecule has 1 atom stereocenters. The summed E-state index contributed by atoms with van der Waals surface area (Å²) in [4.78, 5) is 16.5. The van der Waals surface area contributed by atoms with Crippen LogP contribution in [0, 0.1) is 26.7 Å². The fourth-order valence-corrected chi connectivity index (χ4v) is 2.66. The second-order valence-electron chi connectivity index (χ2n) is 6.27. The van der Waals surface area contributed by atoms with Gasteiger partial charge in [-0.2, -0.15) is 5.10 Å². The average molecular weight is 327 g/mol. The Hall–Kier alpha value is -2.70. The number of amides is 1. The van der Waals surface area contributed by atoms with Crippen LogP contribution in [0.2, 0.25) is 0 Å². The molecule has 0 bridgehead atoms. The Bertz CT molecular complexity index is 880. The van der Waals surface area contributed by atoms with Gasteiger partial charge < -0.3 is 9.84 Å². The van der Waals surface area contributed by atoms with E-state index in [1.807, 2.05) is 31.5 Å². The summed E-state index contributed by atoms with van der Waals surface area (Å²) in [5.74, 6) is 0.117. The van der Waals surface area contributed by atoms with Gasteiger partial charge in [-0.1, -0.05) is 12.1 Å². The topological polar surface area (TPSA) is 85.8 Å². The Balaban J connectivity index is 1.61. The van der Waals surface area contributed by atoms with Crippen molar-refractivity contribution in [1.82, 2.24) is 25.2 Å². The third-order valence-electron chi connectivity index (χ3n) is 3.97. The summed E-state index contributed by atoms with van der Waals surface area (Å²) in [5.41, 5.74) is 3.81. The molecule has 24 heavy (non-hydrogen) atoms. The molecule has 0 aromatic carbocycles. The number of rotatable bonds is 5. The molecule has 0 saturated heterocycles. The van der Waals surface area contributed by atoms with Gasteiger partial charge in [0.25, 0.3) is 11.6 Å². The van der Waals surface area contributed by atoms with E-state index in [2.05, 4.69) is 27.5 Å². The highest BCUT2D eigenvalue weighted by atomic mass is 16.5. The van der Waals surface area contributed by atoms with Gasteiger partial charge in [-0.05, 0) is 38.8 Å². The SMILES string of the molecule is Cc1cc(C)n(C[C@@H](C)CNC(=O)c2cnc3onc(C)c3c2)n1. The van der Waals surface area contributed by atoms with Gasteiger partial charge in [0.1, 0.15) is 0 Å². The van der Waals surface area contributed by atoms with Crippen LogP contribution < -0.4 is 5.32 Å². The van der Waals surface area contributed by atoms with Gasteiger partial charge in [0.05, 0.1) is 22.3 Å². The molecule has 7 nitrogen and oxygen atoms in total. The molecule has 0 saturated carbocycles. The van der Waals surface area contributed by atoms with Crippen molar-refractivity contribution in [2.75, 3.05) is 6.54 Å². The molecule has 0 aliphatic carbocycles.